The Hall–Kier alpha value is -2.07. The normalized spacial score (nSPS) is 9.89. The minimum atomic E-state index is -0.330. The molecule has 0 aliphatic rings. The lowest BCUT2D eigenvalue weighted by Gasteiger charge is -2.07. The van der Waals surface area contributed by atoms with E-state index in [-0.39, 0.29) is 11.6 Å². The number of anilines is 2. The van der Waals surface area contributed by atoms with E-state index in [0.29, 0.717) is 16.5 Å². The zero-order valence-corrected chi connectivity index (χ0v) is 10.5. The van der Waals surface area contributed by atoms with Crippen molar-refractivity contribution in [3.8, 4) is 0 Å². The van der Waals surface area contributed by atoms with Crippen molar-refractivity contribution in [2.24, 2.45) is 0 Å². The average molecular weight is 262 g/mol. The van der Waals surface area contributed by atoms with Crippen LogP contribution in [0.15, 0.2) is 42.5 Å². The number of carbonyl (C=O) groups excluding carboxylic acids is 1. The standard InChI is InChI=1S/C13H12ClN3O/c1-15-11-8-7-10(14)12(17-11)13(18)16-9-5-3-2-4-6-9/h2-8H,1H3,(H,15,17)(H,16,18). The summed E-state index contributed by atoms with van der Waals surface area (Å²) in [4.78, 5) is 16.1. The maximum absolute atomic E-state index is 12.0. The van der Waals surface area contributed by atoms with Gasteiger partial charge in [0.15, 0.2) is 0 Å². The summed E-state index contributed by atoms with van der Waals surface area (Å²) in [6.07, 6.45) is 0. The molecule has 0 atom stereocenters. The molecule has 0 aliphatic carbocycles. The fourth-order valence-corrected chi connectivity index (χ4v) is 1.64. The van der Waals surface area contributed by atoms with Crippen LogP contribution in [0.2, 0.25) is 5.02 Å². The number of hydrogen-bond acceptors (Lipinski definition) is 3. The summed E-state index contributed by atoms with van der Waals surface area (Å²) < 4.78 is 0. The number of aromatic nitrogens is 1. The molecule has 0 bridgehead atoms. The van der Waals surface area contributed by atoms with Gasteiger partial charge in [0.25, 0.3) is 5.91 Å². The molecule has 0 saturated carbocycles. The highest BCUT2D eigenvalue weighted by Gasteiger charge is 2.13. The third-order valence-electron chi connectivity index (χ3n) is 2.35. The molecule has 0 unspecified atom stereocenters. The van der Waals surface area contributed by atoms with E-state index in [2.05, 4.69) is 15.6 Å². The van der Waals surface area contributed by atoms with E-state index in [1.807, 2.05) is 18.2 Å². The predicted octanol–water partition coefficient (Wildman–Crippen LogP) is 3.03. The first-order valence-corrected chi connectivity index (χ1v) is 5.79. The van der Waals surface area contributed by atoms with Crippen molar-refractivity contribution in [3.63, 3.8) is 0 Å². The van der Waals surface area contributed by atoms with Crippen LogP contribution in [0.25, 0.3) is 0 Å². The van der Waals surface area contributed by atoms with Gasteiger partial charge in [-0.15, -0.1) is 0 Å². The molecule has 92 valence electrons. The molecule has 18 heavy (non-hydrogen) atoms. The van der Waals surface area contributed by atoms with Crippen LogP contribution in [-0.2, 0) is 0 Å². The van der Waals surface area contributed by atoms with Crippen molar-refractivity contribution in [3.05, 3.63) is 53.2 Å². The summed E-state index contributed by atoms with van der Waals surface area (Å²) >= 11 is 5.96. The summed E-state index contributed by atoms with van der Waals surface area (Å²) in [6, 6.07) is 12.5. The maximum atomic E-state index is 12.0. The molecule has 0 radical (unpaired) electrons. The van der Waals surface area contributed by atoms with E-state index in [1.165, 1.54) is 0 Å². The first-order valence-electron chi connectivity index (χ1n) is 5.41. The maximum Gasteiger partial charge on any atom is 0.275 e. The Labute approximate surface area is 110 Å². The Kier molecular flexibility index (Phi) is 3.79. The van der Waals surface area contributed by atoms with Gasteiger partial charge in [-0.2, -0.15) is 0 Å². The Morgan fingerprint density at radius 2 is 1.89 bits per heavy atom. The minimum Gasteiger partial charge on any atom is -0.373 e. The van der Waals surface area contributed by atoms with Crippen LogP contribution >= 0.6 is 11.6 Å². The first-order chi connectivity index (χ1) is 8.70. The van der Waals surface area contributed by atoms with E-state index in [0.717, 1.165) is 0 Å². The van der Waals surface area contributed by atoms with Gasteiger partial charge in [0.05, 0.1) is 5.02 Å². The topological polar surface area (TPSA) is 54.0 Å². The molecule has 0 fully saturated rings. The molecule has 0 saturated heterocycles. The largest absolute Gasteiger partial charge is 0.373 e. The predicted molar refractivity (Wildman–Crippen MR) is 73.2 cm³/mol. The van der Waals surface area contributed by atoms with Crippen molar-refractivity contribution in [2.75, 3.05) is 17.7 Å². The number of para-hydroxylation sites is 1. The smallest absolute Gasteiger partial charge is 0.275 e. The summed E-state index contributed by atoms with van der Waals surface area (Å²) in [6.45, 7) is 0. The van der Waals surface area contributed by atoms with Gasteiger partial charge in [-0.05, 0) is 24.3 Å². The Bertz CT molecular complexity index is 557. The lowest BCUT2D eigenvalue weighted by molar-refractivity contribution is 0.102. The van der Waals surface area contributed by atoms with E-state index in [4.69, 9.17) is 11.6 Å². The average Bonchev–Trinajstić information content (AvgIpc) is 2.40. The fourth-order valence-electron chi connectivity index (χ4n) is 1.45. The molecular formula is C13H12ClN3O. The number of nitrogens with one attached hydrogen (secondary N) is 2. The van der Waals surface area contributed by atoms with Gasteiger partial charge in [-0.1, -0.05) is 29.8 Å². The minimum absolute atomic E-state index is 0.201. The van der Waals surface area contributed by atoms with Crippen LogP contribution in [0.5, 0.6) is 0 Å². The van der Waals surface area contributed by atoms with E-state index >= 15 is 0 Å². The van der Waals surface area contributed by atoms with Gasteiger partial charge >= 0.3 is 0 Å². The van der Waals surface area contributed by atoms with Gasteiger partial charge in [-0.25, -0.2) is 4.98 Å². The van der Waals surface area contributed by atoms with E-state index in [1.54, 1.807) is 31.3 Å². The highest BCUT2D eigenvalue weighted by Crippen LogP contribution is 2.18. The van der Waals surface area contributed by atoms with Gasteiger partial charge in [0.1, 0.15) is 11.5 Å². The van der Waals surface area contributed by atoms with Crippen LogP contribution in [0.3, 0.4) is 0 Å². The number of rotatable bonds is 3. The van der Waals surface area contributed by atoms with Crippen LogP contribution in [0.1, 0.15) is 10.5 Å². The van der Waals surface area contributed by atoms with Crippen molar-refractivity contribution < 1.29 is 4.79 Å². The molecule has 5 heteroatoms. The second kappa shape index (κ2) is 5.51. The van der Waals surface area contributed by atoms with Crippen molar-refractivity contribution in [2.45, 2.75) is 0 Å². The molecule has 2 N–H and O–H groups in total. The molecule has 2 rings (SSSR count). The quantitative estimate of drug-likeness (QED) is 0.893. The van der Waals surface area contributed by atoms with Crippen LogP contribution in [-0.4, -0.2) is 17.9 Å². The van der Waals surface area contributed by atoms with Gasteiger partial charge in [0.2, 0.25) is 0 Å². The lowest BCUT2D eigenvalue weighted by Crippen LogP contribution is -2.15. The van der Waals surface area contributed by atoms with Crippen LogP contribution < -0.4 is 10.6 Å². The molecule has 4 nitrogen and oxygen atoms in total. The number of pyridine rings is 1. The Morgan fingerprint density at radius 3 is 2.56 bits per heavy atom. The highest BCUT2D eigenvalue weighted by atomic mass is 35.5. The number of nitrogens with zero attached hydrogens (tertiary/aromatic N) is 1. The van der Waals surface area contributed by atoms with Crippen LogP contribution in [0, 0.1) is 0 Å². The highest BCUT2D eigenvalue weighted by molar-refractivity contribution is 6.34. The van der Waals surface area contributed by atoms with Gasteiger partial charge in [-0.3, -0.25) is 4.79 Å². The number of amides is 1. The second-order valence-corrected chi connectivity index (χ2v) is 4.00. The van der Waals surface area contributed by atoms with Gasteiger partial charge in [0, 0.05) is 12.7 Å². The number of benzene rings is 1. The number of carbonyl (C=O) groups is 1. The first kappa shape index (κ1) is 12.4. The number of hydrogen-bond donors (Lipinski definition) is 2. The van der Waals surface area contributed by atoms with Gasteiger partial charge < -0.3 is 10.6 Å². The summed E-state index contributed by atoms with van der Waals surface area (Å²) in [5.74, 6) is 0.265. The molecule has 0 aliphatic heterocycles. The van der Waals surface area contributed by atoms with E-state index in [9.17, 15) is 4.79 Å². The van der Waals surface area contributed by atoms with Crippen molar-refractivity contribution in [1.29, 1.82) is 0 Å². The summed E-state index contributed by atoms with van der Waals surface area (Å²) in [5.41, 5.74) is 0.905. The zero-order valence-electron chi connectivity index (χ0n) is 9.77. The molecule has 1 aromatic heterocycles. The Morgan fingerprint density at radius 1 is 1.17 bits per heavy atom. The van der Waals surface area contributed by atoms with Crippen LogP contribution in [0.4, 0.5) is 11.5 Å². The summed E-state index contributed by atoms with van der Waals surface area (Å²) in [7, 11) is 1.73. The molecular weight excluding hydrogens is 250 g/mol. The summed E-state index contributed by atoms with van der Waals surface area (Å²) in [5, 5.41) is 5.92. The molecule has 1 amide bonds. The third-order valence-corrected chi connectivity index (χ3v) is 2.65. The monoisotopic (exact) mass is 261 g/mol. The SMILES string of the molecule is CNc1ccc(Cl)c(C(=O)Nc2ccccc2)n1. The fraction of sp³-hybridized carbons (Fsp3) is 0.0769. The number of halogens is 1. The van der Waals surface area contributed by atoms with Crippen molar-refractivity contribution >= 4 is 29.0 Å². The Balaban J connectivity index is 2.23. The molecule has 1 aromatic carbocycles. The van der Waals surface area contributed by atoms with E-state index < -0.39 is 0 Å². The molecule has 0 spiro atoms. The second-order valence-electron chi connectivity index (χ2n) is 3.60. The lowest BCUT2D eigenvalue weighted by atomic mass is 10.3. The molecule has 2 aromatic rings. The molecule has 1 heterocycles. The zero-order chi connectivity index (χ0) is 13.0. The van der Waals surface area contributed by atoms with Crippen molar-refractivity contribution in [1.82, 2.24) is 4.98 Å². The third kappa shape index (κ3) is 2.78.